The lowest BCUT2D eigenvalue weighted by Crippen LogP contribution is -2.35. The highest BCUT2D eigenvalue weighted by molar-refractivity contribution is 5.83. The molecular formula is C17H16F2N2O3. The molecule has 0 bridgehead atoms. The molecule has 2 aromatic rings. The molecule has 1 aromatic heterocycles. The first-order valence-electron chi connectivity index (χ1n) is 7.97. The van der Waals surface area contributed by atoms with Crippen LogP contribution < -0.4 is 0 Å². The van der Waals surface area contributed by atoms with E-state index >= 15 is 0 Å². The second kappa shape index (κ2) is 6.05. The summed E-state index contributed by atoms with van der Waals surface area (Å²) in [5.74, 6) is 0.0447. The van der Waals surface area contributed by atoms with Gasteiger partial charge in [-0.2, -0.15) is 13.8 Å². The van der Waals surface area contributed by atoms with Crippen LogP contribution in [-0.4, -0.2) is 29.1 Å². The predicted molar refractivity (Wildman–Crippen MR) is 79.7 cm³/mol. The number of aryl methyl sites for hydroxylation is 1. The number of carbonyl (C=O) groups excluding carboxylic acids is 1. The number of Topliss-reactive ketones (excluding diaryl/α,β-unsaturated/α-hetero) is 1. The molecule has 7 heteroatoms. The summed E-state index contributed by atoms with van der Waals surface area (Å²) in [6.07, 6.45) is -0.446. The van der Waals surface area contributed by atoms with Crippen molar-refractivity contribution in [3.05, 3.63) is 35.2 Å². The number of ketones is 1. The highest BCUT2D eigenvalue weighted by atomic mass is 19.3. The third-order valence-electron chi connectivity index (χ3n) is 4.77. The molecule has 1 aromatic carbocycles. The number of halogens is 2. The van der Waals surface area contributed by atoms with Crippen LogP contribution >= 0.6 is 0 Å². The van der Waals surface area contributed by atoms with Crippen molar-refractivity contribution < 1.29 is 22.8 Å². The summed E-state index contributed by atoms with van der Waals surface area (Å²) < 4.78 is 34.7. The maximum atomic E-state index is 12.6. The number of fused-ring (bicyclic) bond motifs is 1. The predicted octanol–water partition coefficient (Wildman–Crippen LogP) is 3.31. The van der Waals surface area contributed by atoms with Crippen LogP contribution in [0.25, 0.3) is 11.4 Å². The summed E-state index contributed by atoms with van der Waals surface area (Å²) in [5.41, 5.74) is 2.94. The standard InChI is InChI=1S/C17H16F2N2O3/c18-15(19)17-20-16(21-24-17)11-3-4-13-9(5-11)1-2-10(13)6-14(22)12-7-23-8-12/h3-5,10,12,15H,1-2,6-8H2/t10-/m0/s1. The van der Waals surface area contributed by atoms with E-state index in [4.69, 9.17) is 4.74 Å². The van der Waals surface area contributed by atoms with Crippen molar-refractivity contribution in [2.75, 3.05) is 13.2 Å². The first-order chi connectivity index (χ1) is 11.6. The minimum atomic E-state index is -2.77. The van der Waals surface area contributed by atoms with Gasteiger partial charge in [-0.05, 0) is 36.0 Å². The van der Waals surface area contributed by atoms with Gasteiger partial charge in [0.05, 0.1) is 19.1 Å². The molecule has 126 valence electrons. The monoisotopic (exact) mass is 334 g/mol. The van der Waals surface area contributed by atoms with Crippen LogP contribution in [0.2, 0.25) is 0 Å². The quantitative estimate of drug-likeness (QED) is 0.839. The molecule has 24 heavy (non-hydrogen) atoms. The van der Waals surface area contributed by atoms with E-state index in [9.17, 15) is 13.6 Å². The second-order valence-corrected chi connectivity index (χ2v) is 6.31. The number of benzene rings is 1. The van der Waals surface area contributed by atoms with Gasteiger partial charge in [-0.1, -0.05) is 17.3 Å². The maximum Gasteiger partial charge on any atom is 0.315 e. The van der Waals surface area contributed by atoms with Gasteiger partial charge in [-0.15, -0.1) is 0 Å². The van der Waals surface area contributed by atoms with Crippen molar-refractivity contribution in [3.63, 3.8) is 0 Å². The Balaban J connectivity index is 1.52. The average molecular weight is 334 g/mol. The van der Waals surface area contributed by atoms with Crippen LogP contribution in [0, 0.1) is 5.92 Å². The molecule has 0 radical (unpaired) electrons. The van der Waals surface area contributed by atoms with E-state index in [1.807, 2.05) is 12.1 Å². The Morgan fingerprint density at radius 1 is 1.33 bits per heavy atom. The molecule has 4 rings (SSSR count). The molecule has 0 N–H and O–H groups in total. The van der Waals surface area contributed by atoms with Gasteiger partial charge in [0.2, 0.25) is 5.82 Å². The molecule has 1 aliphatic heterocycles. The molecule has 0 spiro atoms. The van der Waals surface area contributed by atoms with E-state index in [-0.39, 0.29) is 23.4 Å². The highest BCUT2D eigenvalue weighted by Gasteiger charge is 2.31. The fraction of sp³-hybridized carbons (Fsp3) is 0.471. The van der Waals surface area contributed by atoms with Crippen molar-refractivity contribution in [2.24, 2.45) is 5.92 Å². The molecule has 2 aliphatic rings. The van der Waals surface area contributed by atoms with Crippen LogP contribution in [0.15, 0.2) is 22.7 Å². The average Bonchev–Trinajstić information content (AvgIpc) is 3.12. The molecule has 5 nitrogen and oxygen atoms in total. The van der Waals surface area contributed by atoms with E-state index < -0.39 is 12.3 Å². The highest BCUT2D eigenvalue weighted by Crippen LogP contribution is 2.38. The Hall–Kier alpha value is -2.15. The minimum absolute atomic E-state index is 0.0559. The fourth-order valence-electron chi connectivity index (χ4n) is 3.33. The number of hydrogen-bond acceptors (Lipinski definition) is 5. The molecule has 0 saturated carbocycles. The van der Waals surface area contributed by atoms with Crippen LogP contribution in [0.3, 0.4) is 0 Å². The van der Waals surface area contributed by atoms with Gasteiger partial charge < -0.3 is 9.26 Å². The third-order valence-corrected chi connectivity index (χ3v) is 4.77. The Morgan fingerprint density at radius 2 is 2.17 bits per heavy atom. The van der Waals surface area contributed by atoms with Gasteiger partial charge in [0.25, 0.3) is 5.89 Å². The second-order valence-electron chi connectivity index (χ2n) is 6.31. The molecule has 1 atom stereocenters. The Morgan fingerprint density at radius 3 is 2.83 bits per heavy atom. The summed E-state index contributed by atoms with van der Waals surface area (Å²) >= 11 is 0. The normalized spacial score (nSPS) is 20.2. The van der Waals surface area contributed by atoms with Gasteiger partial charge in [0, 0.05) is 12.0 Å². The number of hydrogen-bond donors (Lipinski definition) is 0. The molecule has 1 fully saturated rings. The number of nitrogens with zero attached hydrogens (tertiary/aromatic N) is 2. The summed E-state index contributed by atoms with van der Waals surface area (Å²) in [6, 6.07) is 5.66. The lowest BCUT2D eigenvalue weighted by molar-refractivity contribution is -0.136. The Kier molecular flexibility index (Phi) is 3.88. The zero-order valence-electron chi connectivity index (χ0n) is 12.9. The van der Waals surface area contributed by atoms with Gasteiger partial charge >= 0.3 is 6.43 Å². The molecule has 0 amide bonds. The zero-order valence-corrected chi connectivity index (χ0v) is 12.9. The molecule has 2 heterocycles. The van der Waals surface area contributed by atoms with Crippen molar-refractivity contribution in [3.8, 4) is 11.4 Å². The van der Waals surface area contributed by atoms with Gasteiger partial charge in [-0.25, -0.2) is 0 Å². The van der Waals surface area contributed by atoms with Crippen molar-refractivity contribution >= 4 is 5.78 Å². The Labute approximate surface area is 137 Å². The van der Waals surface area contributed by atoms with E-state index in [2.05, 4.69) is 14.7 Å². The molecule has 0 unspecified atom stereocenters. The Bertz CT molecular complexity index is 771. The number of aromatic nitrogens is 2. The molecule has 1 saturated heterocycles. The first kappa shape index (κ1) is 15.4. The number of ether oxygens (including phenoxy) is 1. The van der Waals surface area contributed by atoms with E-state index in [1.165, 1.54) is 0 Å². The van der Waals surface area contributed by atoms with E-state index in [0.717, 1.165) is 24.0 Å². The van der Waals surface area contributed by atoms with E-state index in [1.54, 1.807) is 6.07 Å². The zero-order chi connectivity index (χ0) is 16.7. The van der Waals surface area contributed by atoms with E-state index in [0.29, 0.717) is 25.2 Å². The largest absolute Gasteiger partial charge is 0.380 e. The summed E-state index contributed by atoms with van der Waals surface area (Å²) in [7, 11) is 0. The van der Waals surface area contributed by atoms with Crippen molar-refractivity contribution in [1.82, 2.24) is 10.1 Å². The summed E-state index contributed by atoms with van der Waals surface area (Å²) in [4.78, 5) is 15.9. The number of alkyl halides is 2. The van der Waals surface area contributed by atoms with Crippen molar-refractivity contribution in [2.45, 2.75) is 31.6 Å². The number of carbonyl (C=O) groups is 1. The van der Waals surface area contributed by atoms with Crippen LogP contribution in [0.4, 0.5) is 8.78 Å². The first-order valence-corrected chi connectivity index (χ1v) is 7.97. The molecule has 1 aliphatic carbocycles. The maximum absolute atomic E-state index is 12.6. The minimum Gasteiger partial charge on any atom is -0.380 e. The lowest BCUT2D eigenvalue weighted by Gasteiger charge is -2.25. The lowest BCUT2D eigenvalue weighted by atomic mass is 9.89. The SMILES string of the molecule is O=C(C[C@@H]1CCc2cc(-c3noc(C(F)F)n3)ccc21)C1COC1. The van der Waals surface area contributed by atoms with Crippen LogP contribution in [-0.2, 0) is 16.0 Å². The topological polar surface area (TPSA) is 65.2 Å². The summed E-state index contributed by atoms with van der Waals surface area (Å²) in [5, 5.41) is 3.61. The van der Waals surface area contributed by atoms with Crippen LogP contribution in [0.5, 0.6) is 0 Å². The van der Waals surface area contributed by atoms with Gasteiger partial charge in [-0.3, -0.25) is 4.79 Å². The van der Waals surface area contributed by atoms with Gasteiger partial charge in [0.1, 0.15) is 5.78 Å². The smallest absolute Gasteiger partial charge is 0.315 e. The number of rotatable bonds is 5. The van der Waals surface area contributed by atoms with Crippen LogP contribution in [0.1, 0.15) is 42.2 Å². The fourth-order valence-corrected chi connectivity index (χ4v) is 3.33. The van der Waals surface area contributed by atoms with Gasteiger partial charge in [0.15, 0.2) is 0 Å². The molecular weight excluding hydrogens is 318 g/mol. The summed E-state index contributed by atoms with van der Waals surface area (Å²) in [6.45, 7) is 1.09. The van der Waals surface area contributed by atoms with Crippen molar-refractivity contribution in [1.29, 1.82) is 0 Å². The third kappa shape index (κ3) is 2.73.